The maximum atomic E-state index is 8.67. The highest BCUT2D eigenvalue weighted by molar-refractivity contribution is 5.95. The number of aromatic nitrogens is 1. The molecular formula is C16H20N4O. The van der Waals surface area contributed by atoms with Gasteiger partial charge in [0.15, 0.2) is 5.84 Å². The van der Waals surface area contributed by atoms with E-state index in [-0.39, 0.29) is 5.84 Å². The van der Waals surface area contributed by atoms with E-state index in [1.807, 2.05) is 6.07 Å². The molecule has 1 aromatic carbocycles. The molecule has 5 nitrogen and oxygen atoms in total. The average Bonchev–Trinajstić information content (AvgIpc) is 2.52. The van der Waals surface area contributed by atoms with E-state index in [1.165, 1.54) is 5.56 Å². The molecule has 0 atom stereocenters. The lowest BCUT2D eigenvalue weighted by Gasteiger charge is -2.10. The molecule has 0 aliphatic rings. The van der Waals surface area contributed by atoms with Crippen LogP contribution in [0.5, 0.6) is 0 Å². The highest BCUT2D eigenvalue weighted by atomic mass is 16.4. The van der Waals surface area contributed by atoms with Crippen LogP contribution in [0.1, 0.15) is 36.6 Å². The number of pyridine rings is 1. The van der Waals surface area contributed by atoms with Crippen molar-refractivity contribution in [3.05, 3.63) is 59.4 Å². The molecule has 0 amide bonds. The van der Waals surface area contributed by atoms with Crippen LogP contribution in [-0.4, -0.2) is 16.0 Å². The molecule has 0 saturated carbocycles. The van der Waals surface area contributed by atoms with Crippen molar-refractivity contribution in [3.8, 4) is 0 Å². The summed E-state index contributed by atoms with van der Waals surface area (Å²) in [6, 6.07) is 12.1. The molecule has 0 fully saturated rings. The number of rotatable bonds is 5. The number of hydrogen-bond donors (Lipinski definition) is 3. The number of anilines is 1. The third-order valence-corrected chi connectivity index (χ3v) is 3.27. The molecule has 110 valence electrons. The fraction of sp³-hybridized carbons (Fsp3) is 0.250. The lowest BCUT2D eigenvalue weighted by atomic mass is 10.0. The largest absolute Gasteiger partial charge is 0.409 e. The van der Waals surface area contributed by atoms with Crippen LogP contribution in [-0.2, 0) is 6.54 Å². The highest BCUT2D eigenvalue weighted by Gasteiger charge is 2.03. The summed E-state index contributed by atoms with van der Waals surface area (Å²) in [5.41, 5.74) is 9.39. The smallest absolute Gasteiger partial charge is 0.188 e. The second-order valence-electron chi connectivity index (χ2n) is 5.16. The summed E-state index contributed by atoms with van der Waals surface area (Å²) in [4.78, 5) is 4.05. The molecule has 0 aliphatic carbocycles. The van der Waals surface area contributed by atoms with Gasteiger partial charge in [-0.1, -0.05) is 31.1 Å². The Balaban J connectivity index is 2.03. The zero-order chi connectivity index (χ0) is 15.2. The second kappa shape index (κ2) is 6.74. The third-order valence-electron chi connectivity index (χ3n) is 3.27. The lowest BCUT2D eigenvalue weighted by molar-refractivity contribution is 0.318. The molecule has 2 rings (SSSR count). The van der Waals surface area contributed by atoms with Crippen molar-refractivity contribution in [1.82, 2.24) is 4.98 Å². The molecule has 1 aromatic heterocycles. The van der Waals surface area contributed by atoms with E-state index in [0.29, 0.717) is 18.2 Å². The van der Waals surface area contributed by atoms with E-state index in [1.54, 1.807) is 12.3 Å². The quantitative estimate of drug-likeness (QED) is 0.341. The van der Waals surface area contributed by atoms with Crippen LogP contribution in [0.15, 0.2) is 47.8 Å². The number of nitrogens with one attached hydrogen (secondary N) is 1. The van der Waals surface area contributed by atoms with Crippen LogP contribution in [0.2, 0.25) is 0 Å². The normalized spacial score (nSPS) is 11.7. The van der Waals surface area contributed by atoms with Gasteiger partial charge in [-0.15, -0.1) is 0 Å². The van der Waals surface area contributed by atoms with Gasteiger partial charge in [-0.25, -0.2) is 0 Å². The summed E-state index contributed by atoms with van der Waals surface area (Å²) in [7, 11) is 0. The van der Waals surface area contributed by atoms with Crippen molar-refractivity contribution < 1.29 is 5.21 Å². The molecule has 1 heterocycles. The Labute approximate surface area is 124 Å². The van der Waals surface area contributed by atoms with E-state index >= 15 is 0 Å². The highest BCUT2D eigenvalue weighted by Crippen LogP contribution is 2.17. The van der Waals surface area contributed by atoms with Gasteiger partial charge >= 0.3 is 0 Å². The number of oxime groups is 1. The van der Waals surface area contributed by atoms with Crippen molar-refractivity contribution in [2.75, 3.05) is 5.32 Å². The number of amidine groups is 1. The van der Waals surface area contributed by atoms with Gasteiger partial charge in [0.2, 0.25) is 0 Å². The van der Waals surface area contributed by atoms with Crippen molar-refractivity contribution in [2.45, 2.75) is 26.3 Å². The minimum absolute atomic E-state index is 0.0122. The van der Waals surface area contributed by atoms with Crippen molar-refractivity contribution in [1.29, 1.82) is 0 Å². The van der Waals surface area contributed by atoms with Crippen molar-refractivity contribution in [2.24, 2.45) is 10.9 Å². The predicted octanol–water partition coefficient (Wildman–Crippen LogP) is 2.91. The van der Waals surface area contributed by atoms with Crippen LogP contribution < -0.4 is 11.1 Å². The maximum absolute atomic E-state index is 8.67. The topological polar surface area (TPSA) is 83.5 Å². The first-order chi connectivity index (χ1) is 10.1. The summed E-state index contributed by atoms with van der Waals surface area (Å²) < 4.78 is 0. The Morgan fingerprint density at radius 1 is 1.29 bits per heavy atom. The zero-order valence-corrected chi connectivity index (χ0v) is 12.2. The molecular weight excluding hydrogens is 264 g/mol. The molecule has 0 radical (unpaired) electrons. The molecule has 0 unspecified atom stereocenters. The summed E-state index contributed by atoms with van der Waals surface area (Å²) >= 11 is 0. The van der Waals surface area contributed by atoms with E-state index < -0.39 is 0 Å². The molecule has 0 bridgehead atoms. The number of benzene rings is 1. The molecule has 21 heavy (non-hydrogen) atoms. The van der Waals surface area contributed by atoms with Gasteiger partial charge in [0.05, 0.1) is 0 Å². The van der Waals surface area contributed by atoms with E-state index in [9.17, 15) is 0 Å². The van der Waals surface area contributed by atoms with Crippen molar-refractivity contribution >= 4 is 11.5 Å². The standard InChI is InChI=1S/C16H20N4O/c1-11(2)13-3-5-14(6-4-13)19-10-12-7-8-18-15(9-12)16(17)20-21/h3-9,11,19,21H,10H2,1-2H3,(H2,17,20). The Morgan fingerprint density at radius 3 is 2.62 bits per heavy atom. The second-order valence-corrected chi connectivity index (χ2v) is 5.16. The predicted molar refractivity (Wildman–Crippen MR) is 84.6 cm³/mol. The molecule has 2 aromatic rings. The minimum atomic E-state index is 0.0122. The average molecular weight is 284 g/mol. The van der Waals surface area contributed by atoms with Crippen LogP contribution >= 0.6 is 0 Å². The van der Waals surface area contributed by atoms with Gasteiger partial charge in [-0.2, -0.15) is 0 Å². The van der Waals surface area contributed by atoms with Gasteiger partial charge < -0.3 is 16.3 Å². The number of nitrogens with two attached hydrogens (primary N) is 1. The van der Waals surface area contributed by atoms with E-state index in [0.717, 1.165) is 11.3 Å². The minimum Gasteiger partial charge on any atom is -0.409 e. The summed E-state index contributed by atoms with van der Waals surface area (Å²) in [5, 5.41) is 15.0. The number of hydrogen-bond acceptors (Lipinski definition) is 4. The van der Waals surface area contributed by atoms with Crippen LogP contribution in [0.4, 0.5) is 5.69 Å². The third kappa shape index (κ3) is 3.95. The monoisotopic (exact) mass is 284 g/mol. The van der Waals surface area contributed by atoms with Crippen molar-refractivity contribution in [3.63, 3.8) is 0 Å². The fourth-order valence-corrected chi connectivity index (χ4v) is 1.97. The van der Waals surface area contributed by atoms with Crippen LogP contribution in [0, 0.1) is 0 Å². The Bertz CT molecular complexity index is 620. The van der Waals surface area contributed by atoms with Gasteiger partial charge in [0.1, 0.15) is 5.69 Å². The fourth-order valence-electron chi connectivity index (χ4n) is 1.97. The first-order valence-corrected chi connectivity index (χ1v) is 6.87. The zero-order valence-electron chi connectivity index (χ0n) is 12.2. The molecule has 0 spiro atoms. The number of nitrogens with zero attached hydrogens (tertiary/aromatic N) is 2. The summed E-state index contributed by atoms with van der Waals surface area (Å²) in [6.45, 7) is 5.00. The maximum Gasteiger partial charge on any atom is 0.188 e. The first kappa shape index (κ1) is 14.8. The van der Waals surface area contributed by atoms with Gasteiger partial charge in [0, 0.05) is 18.4 Å². The Morgan fingerprint density at radius 2 is 2.00 bits per heavy atom. The van der Waals surface area contributed by atoms with E-state index in [2.05, 4.69) is 53.6 Å². The van der Waals surface area contributed by atoms with Crippen LogP contribution in [0.25, 0.3) is 0 Å². The molecule has 4 N–H and O–H groups in total. The molecule has 5 heteroatoms. The molecule has 0 aliphatic heterocycles. The Hall–Kier alpha value is -2.56. The van der Waals surface area contributed by atoms with Gasteiger partial charge in [-0.05, 0) is 41.3 Å². The van der Waals surface area contributed by atoms with Gasteiger partial charge in [0.25, 0.3) is 0 Å². The first-order valence-electron chi connectivity index (χ1n) is 6.87. The van der Waals surface area contributed by atoms with Crippen LogP contribution in [0.3, 0.4) is 0 Å². The Kier molecular flexibility index (Phi) is 4.77. The lowest BCUT2D eigenvalue weighted by Crippen LogP contribution is -2.15. The summed E-state index contributed by atoms with van der Waals surface area (Å²) in [6.07, 6.45) is 1.65. The van der Waals surface area contributed by atoms with E-state index in [4.69, 9.17) is 10.9 Å². The SMILES string of the molecule is CC(C)c1ccc(NCc2ccnc(C(N)=NO)c2)cc1. The van der Waals surface area contributed by atoms with Gasteiger partial charge in [-0.3, -0.25) is 4.98 Å². The molecule has 0 saturated heterocycles. The summed E-state index contributed by atoms with van der Waals surface area (Å²) in [5.74, 6) is 0.542.